The van der Waals surface area contributed by atoms with Gasteiger partial charge in [0.25, 0.3) is 5.56 Å². The van der Waals surface area contributed by atoms with Crippen LogP contribution in [0.5, 0.6) is 0 Å². The molecular weight excluding hydrogens is 328 g/mol. The first-order chi connectivity index (χ1) is 11.4. The molecule has 0 aliphatic heterocycles. The highest BCUT2D eigenvalue weighted by molar-refractivity contribution is 7.20. The van der Waals surface area contributed by atoms with Gasteiger partial charge in [-0.3, -0.25) is 19.3 Å². The number of hydrogen-bond donors (Lipinski definition) is 2. The second kappa shape index (κ2) is 7.67. The third-order valence-electron chi connectivity index (χ3n) is 3.73. The highest BCUT2D eigenvalue weighted by atomic mass is 32.1. The van der Waals surface area contributed by atoms with Crippen molar-refractivity contribution in [3.8, 4) is 0 Å². The van der Waals surface area contributed by atoms with Crippen LogP contribution in [-0.2, 0) is 11.3 Å². The summed E-state index contributed by atoms with van der Waals surface area (Å²) in [5.41, 5.74) is 0.433. The summed E-state index contributed by atoms with van der Waals surface area (Å²) < 4.78 is 0. The van der Waals surface area contributed by atoms with Crippen LogP contribution < -0.4 is 10.9 Å². The number of likely N-dealkylation sites (N-methyl/N-ethyl adjacent to an activating group) is 2. The maximum Gasteiger partial charge on any atom is 0.259 e. The highest BCUT2D eigenvalue weighted by Gasteiger charge is 2.18. The standard InChI is InChI=1S/C16H22N4O3S/c1-5-17-12(22)8-20(6-2)7-11-18-15(23)13-9(3)14(10(4)21)24-16(13)19-11/h5-8H2,1-4H3,(H,17,22)(H,18,19,23). The Morgan fingerprint density at radius 2 is 2.04 bits per heavy atom. The molecule has 2 aromatic rings. The number of aromatic amines is 1. The third-order valence-corrected chi connectivity index (χ3v) is 5.02. The zero-order valence-electron chi connectivity index (χ0n) is 14.4. The number of hydrogen-bond acceptors (Lipinski definition) is 6. The predicted octanol–water partition coefficient (Wildman–Crippen LogP) is 1.45. The Hall–Kier alpha value is -2.06. The summed E-state index contributed by atoms with van der Waals surface area (Å²) in [7, 11) is 0. The molecule has 0 saturated carbocycles. The van der Waals surface area contributed by atoms with Crippen molar-refractivity contribution in [3.63, 3.8) is 0 Å². The van der Waals surface area contributed by atoms with E-state index in [4.69, 9.17) is 0 Å². The topological polar surface area (TPSA) is 95.2 Å². The molecule has 0 atom stereocenters. The molecule has 2 heterocycles. The first kappa shape index (κ1) is 18.3. The molecule has 2 rings (SSSR count). The lowest BCUT2D eigenvalue weighted by Crippen LogP contribution is -2.37. The summed E-state index contributed by atoms with van der Waals surface area (Å²) in [6, 6.07) is 0. The predicted molar refractivity (Wildman–Crippen MR) is 94.6 cm³/mol. The fourth-order valence-electron chi connectivity index (χ4n) is 2.55. The van der Waals surface area contributed by atoms with Crippen molar-refractivity contribution < 1.29 is 9.59 Å². The van der Waals surface area contributed by atoms with Gasteiger partial charge in [0.2, 0.25) is 5.91 Å². The Labute approximate surface area is 144 Å². The van der Waals surface area contributed by atoms with Gasteiger partial charge in [0.15, 0.2) is 5.78 Å². The van der Waals surface area contributed by atoms with Crippen LogP contribution in [0.4, 0.5) is 0 Å². The van der Waals surface area contributed by atoms with Crippen LogP contribution in [0.3, 0.4) is 0 Å². The van der Waals surface area contributed by atoms with E-state index >= 15 is 0 Å². The average Bonchev–Trinajstić information content (AvgIpc) is 2.84. The lowest BCUT2D eigenvalue weighted by molar-refractivity contribution is -0.122. The Kier molecular flexibility index (Phi) is 5.84. The Morgan fingerprint density at radius 3 is 2.62 bits per heavy atom. The average molecular weight is 350 g/mol. The second-order valence-electron chi connectivity index (χ2n) is 5.56. The Bertz CT molecular complexity index is 825. The molecule has 2 aromatic heterocycles. The number of rotatable bonds is 7. The fourth-order valence-corrected chi connectivity index (χ4v) is 3.64. The number of nitrogens with one attached hydrogen (secondary N) is 2. The normalized spacial score (nSPS) is 11.2. The number of thiophene rings is 1. The van der Waals surface area contributed by atoms with Crippen LogP contribution in [0.15, 0.2) is 4.79 Å². The summed E-state index contributed by atoms with van der Waals surface area (Å²) in [6.07, 6.45) is 0. The van der Waals surface area contributed by atoms with Crippen molar-refractivity contribution in [1.82, 2.24) is 20.2 Å². The lowest BCUT2D eigenvalue weighted by atomic mass is 10.2. The van der Waals surface area contributed by atoms with E-state index in [-0.39, 0.29) is 23.8 Å². The zero-order chi connectivity index (χ0) is 17.9. The van der Waals surface area contributed by atoms with E-state index in [1.165, 1.54) is 18.3 Å². The van der Waals surface area contributed by atoms with E-state index in [9.17, 15) is 14.4 Å². The smallest absolute Gasteiger partial charge is 0.259 e. The van der Waals surface area contributed by atoms with Crippen molar-refractivity contribution in [1.29, 1.82) is 0 Å². The molecule has 0 fully saturated rings. The van der Waals surface area contributed by atoms with Gasteiger partial charge in [-0.25, -0.2) is 4.98 Å². The van der Waals surface area contributed by atoms with Crippen molar-refractivity contribution >= 4 is 33.2 Å². The van der Waals surface area contributed by atoms with Gasteiger partial charge in [0.1, 0.15) is 10.7 Å². The maximum absolute atomic E-state index is 12.4. The molecule has 1 amide bonds. The zero-order valence-corrected chi connectivity index (χ0v) is 15.2. The van der Waals surface area contributed by atoms with E-state index in [0.29, 0.717) is 46.1 Å². The number of Topliss-reactive ketones (excluding diaryl/α,β-unsaturated/α-hetero) is 1. The van der Waals surface area contributed by atoms with E-state index in [2.05, 4.69) is 15.3 Å². The van der Waals surface area contributed by atoms with Crippen molar-refractivity contribution in [2.75, 3.05) is 19.6 Å². The number of fused-ring (bicyclic) bond motifs is 1. The van der Waals surface area contributed by atoms with Crippen molar-refractivity contribution in [2.24, 2.45) is 0 Å². The number of aryl methyl sites for hydroxylation is 1. The number of nitrogens with zero attached hydrogens (tertiary/aromatic N) is 2. The number of carbonyl (C=O) groups excluding carboxylic acids is 2. The van der Waals surface area contributed by atoms with Gasteiger partial charge in [0.05, 0.1) is 23.4 Å². The van der Waals surface area contributed by atoms with E-state index in [1.54, 1.807) is 6.92 Å². The SMILES string of the molecule is CCNC(=O)CN(CC)Cc1nc2sc(C(C)=O)c(C)c2c(=O)[nH]1. The fraction of sp³-hybridized carbons (Fsp3) is 0.500. The number of H-pyrrole nitrogens is 1. The molecule has 0 aliphatic carbocycles. The van der Waals surface area contributed by atoms with Gasteiger partial charge in [0, 0.05) is 6.54 Å². The largest absolute Gasteiger partial charge is 0.355 e. The van der Waals surface area contributed by atoms with Crippen LogP contribution in [0.2, 0.25) is 0 Å². The molecule has 0 radical (unpaired) electrons. The van der Waals surface area contributed by atoms with E-state index in [1.807, 2.05) is 18.7 Å². The molecule has 8 heteroatoms. The minimum absolute atomic E-state index is 0.0615. The van der Waals surface area contributed by atoms with Crippen LogP contribution >= 0.6 is 11.3 Å². The van der Waals surface area contributed by atoms with E-state index in [0.717, 1.165) is 0 Å². The summed E-state index contributed by atoms with van der Waals surface area (Å²) in [5, 5.41) is 3.22. The molecule has 2 N–H and O–H groups in total. The first-order valence-electron chi connectivity index (χ1n) is 7.89. The van der Waals surface area contributed by atoms with Gasteiger partial charge in [-0.15, -0.1) is 11.3 Å². The molecule has 0 saturated heterocycles. The van der Waals surface area contributed by atoms with Gasteiger partial charge in [-0.2, -0.15) is 0 Å². The molecule has 0 bridgehead atoms. The number of aromatic nitrogens is 2. The van der Waals surface area contributed by atoms with Crippen molar-refractivity contribution in [2.45, 2.75) is 34.2 Å². The molecular formula is C16H22N4O3S. The maximum atomic E-state index is 12.4. The summed E-state index contributed by atoms with van der Waals surface area (Å²) >= 11 is 1.24. The Balaban J connectivity index is 2.31. The quantitative estimate of drug-likeness (QED) is 0.737. The summed E-state index contributed by atoms with van der Waals surface area (Å²) in [4.78, 5) is 46.0. The first-order valence-corrected chi connectivity index (χ1v) is 8.71. The van der Waals surface area contributed by atoms with Crippen LogP contribution in [0.25, 0.3) is 10.2 Å². The third kappa shape index (κ3) is 3.88. The van der Waals surface area contributed by atoms with Crippen LogP contribution in [0, 0.1) is 6.92 Å². The summed E-state index contributed by atoms with van der Waals surface area (Å²) in [6.45, 7) is 8.91. The number of carbonyl (C=O) groups is 2. The Morgan fingerprint density at radius 1 is 1.33 bits per heavy atom. The minimum Gasteiger partial charge on any atom is -0.355 e. The molecule has 0 unspecified atom stereocenters. The van der Waals surface area contributed by atoms with Crippen LogP contribution in [0.1, 0.15) is 41.8 Å². The molecule has 0 spiro atoms. The van der Waals surface area contributed by atoms with Crippen molar-refractivity contribution in [3.05, 3.63) is 26.6 Å². The molecule has 130 valence electrons. The highest BCUT2D eigenvalue weighted by Crippen LogP contribution is 2.27. The summed E-state index contributed by atoms with van der Waals surface area (Å²) in [5.74, 6) is 0.367. The molecule has 0 aliphatic rings. The second-order valence-corrected chi connectivity index (χ2v) is 6.56. The lowest BCUT2D eigenvalue weighted by Gasteiger charge is -2.18. The molecule has 24 heavy (non-hydrogen) atoms. The monoisotopic (exact) mass is 350 g/mol. The molecule has 7 nitrogen and oxygen atoms in total. The van der Waals surface area contributed by atoms with Gasteiger partial charge >= 0.3 is 0 Å². The molecule has 0 aromatic carbocycles. The minimum atomic E-state index is -0.245. The van der Waals surface area contributed by atoms with Crippen LogP contribution in [-0.4, -0.2) is 46.2 Å². The number of ketones is 1. The van der Waals surface area contributed by atoms with E-state index < -0.39 is 0 Å². The van der Waals surface area contributed by atoms with Gasteiger partial charge < -0.3 is 10.3 Å². The van der Waals surface area contributed by atoms with Gasteiger partial charge in [-0.1, -0.05) is 6.92 Å². The van der Waals surface area contributed by atoms with Gasteiger partial charge in [-0.05, 0) is 32.9 Å². The number of amides is 1.